The maximum Gasteiger partial charge on any atom is 0.269 e. The minimum Gasteiger partial charge on any atom is -0.351 e. The molecule has 7 heteroatoms. The van der Waals surface area contributed by atoms with Crippen molar-refractivity contribution in [1.82, 2.24) is 19.9 Å². The molecule has 6 nitrogen and oxygen atoms in total. The zero-order chi connectivity index (χ0) is 20.3. The maximum absolute atomic E-state index is 14.2. The van der Waals surface area contributed by atoms with Gasteiger partial charge in [0.15, 0.2) is 0 Å². The normalized spacial score (nSPS) is 10.8. The first-order chi connectivity index (χ1) is 13.5. The van der Waals surface area contributed by atoms with Gasteiger partial charge in [-0.05, 0) is 38.5 Å². The highest BCUT2D eigenvalue weighted by Crippen LogP contribution is 2.28. The lowest BCUT2D eigenvalue weighted by molar-refractivity contribution is 0.0948. The number of fused-ring (bicyclic) bond motifs is 1. The van der Waals surface area contributed by atoms with Crippen LogP contribution in [0.15, 0.2) is 24.5 Å². The number of halogens is 1. The number of nitriles is 1. The van der Waals surface area contributed by atoms with E-state index in [4.69, 9.17) is 0 Å². The first kappa shape index (κ1) is 19.5. The predicted molar refractivity (Wildman–Crippen MR) is 105 cm³/mol. The number of aromatic nitrogens is 3. The number of hydrogen-bond acceptors (Lipinski definition) is 4. The fourth-order valence-electron chi connectivity index (χ4n) is 3.08. The third kappa shape index (κ3) is 3.58. The highest BCUT2D eigenvalue weighted by molar-refractivity contribution is 5.99. The number of amides is 1. The number of carbonyl (C=O) groups is 1. The van der Waals surface area contributed by atoms with Crippen molar-refractivity contribution in [1.29, 1.82) is 5.26 Å². The van der Waals surface area contributed by atoms with Gasteiger partial charge in [-0.1, -0.05) is 19.8 Å². The molecular weight excluding hydrogens is 357 g/mol. The Labute approximate surface area is 163 Å². The van der Waals surface area contributed by atoms with Gasteiger partial charge < -0.3 is 9.88 Å². The van der Waals surface area contributed by atoms with Crippen molar-refractivity contribution in [3.8, 4) is 11.8 Å². The van der Waals surface area contributed by atoms with Crippen LogP contribution >= 0.6 is 0 Å². The lowest BCUT2D eigenvalue weighted by Crippen LogP contribution is -2.25. The van der Waals surface area contributed by atoms with Crippen LogP contribution in [0.25, 0.3) is 16.6 Å². The molecule has 0 radical (unpaired) electrons. The van der Waals surface area contributed by atoms with Crippen LogP contribution in [0, 0.1) is 31.0 Å². The van der Waals surface area contributed by atoms with Gasteiger partial charge in [0.25, 0.3) is 5.91 Å². The SMILES string of the molecule is CCCCCNC(=O)c1cc(-n2cnc(C)c2C)c2ccc(F)c(C#N)c2n1. The molecule has 1 amide bonds. The molecule has 1 aromatic carbocycles. The molecule has 2 heterocycles. The van der Waals surface area contributed by atoms with E-state index in [1.165, 1.54) is 6.07 Å². The minimum absolute atomic E-state index is 0.145. The van der Waals surface area contributed by atoms with Crippen molar-refractivity contribution in [2.45, 2.75) is 40.0 Å². The summed E-state index contributed by atoms with van der Waals surface area (Å²) in [6.45, 7) is 6.43. The number of benzene rings is 1. The van der Waals surface area contributed by atoms with Gasteiger partial charge in [-0.2, -0.15) is 5.26 Å². The molecule has 0 aliphatic heterocycles. The largest absolute Gasteiger partial charge is 0.351 e. The van der Waals surface area contributed by atoms with E-state index >= 15 is 0 Å². The van der Waals surface area contributed by atoms with Gasteiger partial charge in [0, 0.05) is 17.6 Å². The number of nitrogens with one attached hydrogen (secondary N) is 1. The second-order valence-corrected chi connectivity index (χ2v) is 6.71. The molecule has 0 unspecified atom stereocenters. The molecule has 0 saturated carbocycles. The van der Waals surface area contributed by atoms with E-state index < -0.39 is 5.82 Å². The average molecular weight is 379 g/mol. The molecule has 144 valence electrons. The molecule has 2 aromatic heterocycles. The average Bonchev–Trinajstić information content (AvgIpc) is 3.02. The van der Waals surface area contributed by atoms with Crippen LogP contribution in [-0.2, 0) is 0 Å². The van der Waals surface area contributed by atoms with Crippen LogP contribution in [0.5, 0.6) is 0 Å². The monoisotopic (exact) mass is 379 g/mol. The fraction of sp³-hybridized carbons (Fsp3) is 0.333. The van der Waals surface area contributed by atoms with Gasteiger partial charge in [0.05, 0.1) is 23.2 Å². The fourth-order valence-corrected chi connectivity index (χ4v) is 3.08. The molecule has 0 aliphatic carbocycles. The third-order valence-electron chi connectivity index (χ3n) is 4.83. The Morgan fingerprint density at radius 1 is 1.32 bits per heavy atom. The van der Waals surface area contributed by atoms with E-state index in [2.05, 4.69) is 22.2 Å². The Morgan fingerprint density at radius 2 is 2.11 bits per heavy atom. The van der Waals surface area contributed by atoms with Gasteiger partial charge in [-0.25, -0.2) is 14.4 Å². The molecule has 1 N–H and O–H groups in total. The Balaban J connectivity index is 2.17. The molecule has 0 spiro atoms. The maximum atomic E-state index is 14.2. The molecule has 0 fully saturated rings. The van der Waals surface area contributed by atoms with Gasteiger partial charge >= 0.3 is 0 Å². The standard InChI is InChI=1S/C21H22FN5O/c1-4-5-6-9-24-21(28)18-10-19(27-12-25-13(2)14(27)3)15-7-8-17(22)16(11-23)20(15)26-18/h7-8,10,12H,4-6,9H2,1-3H3,(H,24,28). The summed E-state index contributed by atoms with van der Waals surface area (Å²) < 4.78 is 16.0. The summed E-state index contributed by atoms with van der Waals surface area (Å²) >= 11 is 0. The molecule has 0 saturated heterocycles. The van der Waals surface area contributed by atoms with E-state index in [9.17, 15) is 14.4 Å². The molecular formula is C21H22FN5O. The zero-order valence-corrected chi connectivity index (χ0v) is 16.2. The number of nitrogens with zero attached hydrogens (tertiary/aromatic N) is 4. The Hall–Kier alpha value is -3.27. The number of pyridine rings is 1. The number of carbonyl (C=O) groups excluding carboxylic acids is 1. The predicted octanol–water partition coefficient (Wildman–Crippen LogP) is 3.97. The van der Waals surface area contributed by atoms with E-state index in [1.54, 1.807) is 18.5 Å². The lowest BCUT2D eigenvalue weighted by atomic mass is 10.1. The molecule has 28 heavy (non-hydrogen) atoms. The topological polar surface area (TPSA) is 83.6 Å². The van der Waals surface area contributed by atoms with E-state index in [1.807, 2.05) is 24.5 Å². The molecule has 0 atom stereocenters. The number of hydrogen-bond donors (Lipinski definition) is 1. The van der Waals surface area contributed by atoms with Crippen LogP contribution in [0.2, 0.25) is 0 Å². The van der Waals surface area contributed by atoms with Gasteiger partial charge in [-0.15, -0.1) is 0 Å². The molecule has 0 aliphatic rings. The summed E-state index contributed by atoms with van der Waals surface area (Å²) in [4.78, 5) is 21.3. The highest BCUT2D eigenvalue weighted by atomic mass is 19.1. The van der Waals surface area contributed by atoms with E-state index in [0.29, 0.717) is 17.6 Å². The molecule has 3 rings (SSSR count). The number of imidazole rings is 1. The molecule has 0 bridgehead atoms. The first-order valence-corrected chi connectivity index (χ1v) is 9.30. The third-order valence-corrected chi connectivity index (χ3v) is 4.83. The van der Waals surface area contributed by atoms with Crippen LogP contribution < -0.4 is 5.32 Å². The van der Waals surface area contributed by atoms with Gasteiger partial charge in [0.1, 0.15) is 23.1 Å². The second-order valence-electron chi connectivity index (χ2n) is 6.71. The number of unbranched alkanes of at least 4 members (excludes halogenated alkanes) is 2. The Bertz CT molecular complexity index is 1080. The van der Waals surface area contributed by atoms with Crippen LogP contribution in [0.3, 0.4) is 0 Å². The summed E-state index contributed by atoms with van der Waals surface area (Å²) in [6.07, 6.45) is 4.60. The van der Waals surface area contributed by atoms with Crippen LogP contribution in [0.4, 0.5) is 4.39 Å². The van der Waals surface area contributed by atoms with Gasteiger partial charge in [0.2, 0.25) is 0 Å². The Kier molecular flexibility index (Phi) is 5.69. The van der Waals surface area contributed by atoms with Gasteiger partial charge in [-0.3, -0.25) is 4.79 Å². The first-order valence-electron chi connectivity index (χ1n) is 9.30. The Morgan fingerprint density at radius 3 is 2.75 bits per heavy atom. The summed E-state index contributed by atoms with van der Waals surface area (Å²) in [5, 5.41) is 12.8. The second kappa shape index (κ2) is 8.17. The van der Waals surface area contributed by atoms with Crippen LogP contribution in [-0.4, -0.2) is 27.0 Å². The van der Waals surface area contributed by atoms with Crippen molar-refractivity contribution in [2.75, 3.05) is 6.54 Å². The van der Waals surface area contributed by atoms with Crippen molar-refractivity contribution < 1.29 is 9.18 Å². The molecule has 3 aromatic rings. The van der Waals surface area contributed by atoms with E-state index in [-0.39, 0.29) is 22.7 Å². The summed E-state index contributed by atoms with van der Waals surface area (Å²) in [7, 11) is 0. The highest BCUT2D eigenvalue weighted by Gasteiger charge is 2.18. The lowest BCUT2D eigenvalue weighted by Gasteiger charge is -2.13. The van der Waals surface area contributed by atoms with E-state index in [0.717, 1.165) is 30.7 Å². The minimum atomic E-state index is -0.660. The van der Waals surface area contributed by atoms with Crippen molar-refractivity contribution in [2.24, 2.45) is 0 Å². The summed E-state index contributed by atoms with van der Waals surface area (Å²) in [5.74, 6) is -1.01. The summed E-state index contributed by atoms with van der Waals surface area (Å²) in [5.41, 5.74) is 2.52. The smallest absolute Gasteiger partial charge is 0.269 e. The number of aryl methyl sites for hydroxylation is 1. The van der Waals surface area contributed by atoms with Crippen molar-refractivity contribution in [3.63, 3.8) is 0 Å². The van der Waals surface area contributed by atoms with Crippen molar-refractivity contribution >= 4 is 16.8 Å². The quantitative estimate of drug-likeness (QED) is 0.657. The zero-order valence-electron chi connectivity index (χ0n) is 16.2. The van der Waals surface area contributed by atoms with Crippen molar-refractivity contribution in [3.05, 3.63) is 53.0 Å². The van der Waals surface area contributed by atoms with Crippen LogP contribution in [0.1, 0.15) is 53.6 Å². The number of rotatable bonds is 6. The summed E-state index contributed by atoms with van der Waals surface area (Å²) in [6, 6.07) is 6.35.